The second-order valence-corrected chi connectivity index (χ2v) is 5.31. The third-order valence-electron chi connectivity index (χ3n) is 1.25. The lowest BCUT2D eigenvalue weighted by atomic mass is 10.3. The summed E-state index contributed by atoms with van der Waals surface area (Å²) in [6, 6.07) is 0. The Hall–Kier alpha value is -0.380. The summed E-state index contributed by atoms with van der Waals surface area (Å²) in [5.74, 6) is 0.545. The van der Waals surface area contributed by atoms with Crippen molar-refractivity contribution in [2.75, 3.05) is 7.11 Å². The molecule has 0 heterocycles. The molecule has 0 unspecified atom stereocenters. The van der Waals surface area contributed by atoms with E-state index in [4.69, 9.17) is 4.74 Å². The monoisotopic (exact) mass is 191 g/mol. The van der Waals surface area contributed by atoms with Crippen molar-refractivity contribution >= 4 is 16.9 Å². The van der Waals surface area contributed by atoms with Crippen LogP contribution in [-0.2, 0) is 15.7 Å². The first-order valence-corrected chi connectivity index (χ1v) is 5.06. The minimum Gasteiger partial charge on any atom is -0.484 e. The molecule has 3 nitrogen and oxygen atoms in total. The molecule has 0 aromatic carbocycles. The topological polar surface area (TPSA) is 38.7 Å². The van der Waals surface area contributed by atoms with E-state index in [0.717, 1.165) is 0 Å². The van der Waals surface area contributed by atoms with E-state index < -0.39 is 11.0 Å². The first-order chi connectivity index (χ1) is 5.41. The lowest BCUT2D eigenvalue weighted by Gasteiger charge is -2.13. The molecule has 0 saturated heterocycles. The van der Waals surface area contributed by atoms with Crippen molar-refractivity contribution in [3.05, 3.63) is 0 Å². The van der Waals surface area contributed by atoms with E-state index in [9.17, 15) is 4.21 Å². The highest BCUT2D eigenvalue weighted by Crippen LogP contribution is 2.12. The minimum absolute atomic E-state index is 0.307. The SMILES string of the molecule is CC/C(=N/[S@](=O)C(C)(C)C)OC. The Morgan fingerprint density at radius 3 is 2.25 bits per heavy atom. The van der Waals surface area contributed by atoms with Crippen LogP contribution in [-0.4, -0.2) is 22.0 Å². The van der Waals surface area contributed by atoms with E-state index in [0.29, 0.717) is 12.3 Å². The lowest BCUT2D eigenvalue weighted by Crippen LogP contribution is -2.21. The van der Waals surface area contributed by atoms with Crippen LogP contribution in [0.5, 0.6) is 0 Å². The van der Waals surface area contributed by atoms with Crippen molar-refractivity contribution in [2.45, 2.75) is 38.9 Å². The van der Waals surface area contributed by atoms with Gasteiger partial charge in [-0.1, -0.05) is 6.92 Å². The Balaban J connectivity index is 4.42. The molecule has 0 spiro atoms. The van der Waals surface area contributed by atoms with Crippen molar-refractivity contribution < 1.29 is 8.95 Å². The average molecular weight is 191 g/mol. The zero-order valence-corrected chi connectivity index (χ0v) is 9.20. The minimum atomic E-state index is -1.20. The zero-order valence-electron chi connectivity index (χ0n) is 8.38. The van der Waals surface area contributed by atoms with Crippen LogP contribution in [0.4, 0.5) is 0 Å². The number of hydrogen-bond donors (Lipinski definition) is 0. The third-order valence-corrected chi connectivity index (χ3v) is 2.66. The van der Waals surface area contributed by atoms with Gasteiger partial charge in [-0.15, -0.1) is 0 Å². The van der Waals surface area contributed by atoms with Gasteiger partial charge < -0.3 is 4.74 Å². The van der Waals surface area contributed by atoms with E-state index in [1.54, 1.807) is 7.11 Å². The van der Waals surface area contributed by atoms with Gasteiger partial charge in [0.05, 0.1) is 11.9 Å². The molecule has 0 fully saturated rings. The third kappa shape index (κ3) is 3.85. The Labute approximate surface area is 76.8 Å². The molecule has 0 saturated carbocycles. The van der Waals surface area contributed by atoms with Crippen molar-refractivity contribution in [1.29, 1.82) is 0 Å². The van der Waals surface area contributed by atoms with Gasteiger partial charge in [-0.05, 0) is 20.8 Å². The smallest absolute Gasteiger partial charge is 0.197 e. The number of methoxy groups -OCH3 is 1. The first kappa shape index (κ1) is 11.6. The second kappa shape index (κ2) is 4.60. The Bertz CT molecular complexity index is 188. The maximum absolute atomic E-state index is 11.4. The van der Waals surface area contributed by atoms with Crippen LogP contribution in [0.2, 0.25) is 0 Å². The van der Waals surface area contributed by atoms with Crippen LogP contribution < -0.4 is 0 Å². The summed E-state index contributed by atoms with van der Waals surface area (Å²) in [7, 11) is 0.340. The Morgan fingerprint density at radius 2 is 2.00 bits per heavy atom. The van der Waals surface area contributed by atoms with E-state index in [1.807, 2.05) is 27.7 Å². The van der Waals surface area contributed by atoms with E-state index >= 15 is 0 Å². The fourth-order valence-corrected chi connectivity index (χ4v) is 1.14. The molecular formula is C8H17NO2S. The number of rotatable bonds is 2. The summed E-state index contributed by atoms with van der Waals surface area (Å²) < 4.78 is 20.0. The molecule has 1 atom stereocenters. The fraction of sp³-hybridized carbons (Fsp3) is 0.875. The predicted octanol–water partition coefficient (Wildman–Crippen LogP) is 1.90. The number of nitrogens with zero attached hydrogens (tertiary/aromatic N) is 1. The van der Waals surface area contributed by atoms with Gasteiger partial charge in [0.25, 0.3) is 0 Å². The number of ether oxygens (including phenoxy) is 1. The lowest BCUT2D eigenvalue weighted by molar-refractivity contribution is 0.393. The summed E-state index contributed by atoms with van der Waals surface area (Å²) in [5.41, 5.74) is 0. The molecule has 0 aliphatic rings. The van der Waals surface area contributed by atoms with Gasteiger partial charge >= 0.3 is 0 Å². The molecule has 0 amide bonds. The summed E-state index contributed by atoms with van der Waals surface area (Å²) >= 11 is 0. The van der Waals surface area contributed by atoms with Crippen LogP contribution >= 0.6 is 0 Å². The van der Waals surface area contributed by atoms with Crippen LogP contribution in [0.15, 0.2) is 4.40 Å². The Morgan fingerprint density at radius 1 is 1.50 bits per heavy atom. The standard InChI is InChI=1S/C8H17NO2S/c1-6-7(11-5)9-12(10)8(2,3)4/h6H2,1-5H3/b9-7-/t12-/m1/s1. The van der Waals surface area contributed by atoms with Gasteiger partial charge in [0.15, 0.2) is 5.90 Å². The molecule has 12 heavy (non-hydrogen) atoms. The fourth-order valence-electron chi connectivity index (χ4n) is 0.476. The van der Waals surface area contributed by atoms with Gasteiger partial charge in [0, 0.05) is 6.42 Å². The van der Waals surface area contributed by atoms with E-state index in [2.05, 4.69) is 4.40 Å². The largest absolute Gasteiger partial charge is 0.484 e. The van der Waals surface area contributed by atoms with E-state index in [-0.39, 0.29) is 4.75 Å². The summed E-state index contributed by atoms with van der Waals surface area (Å²) in [6.45, 7) is 7.57. The molecule has 0 aromatic rings. The van der Waals surface area contributed by atoms with Gasteiger partial charge in [-0.3, -0.25) is 0 Å². The molecule has 0 rings (SSSR count). The molecule has 72 valence electrons. The quantitative estimate of drug-likeness (QED) is 0.494. The van der Waals surface area contributed by atoms with Gasteiger partial charge in [-0.2, -0.15) is 4.40 Å². The molecule has 0 aromatic heterocycles. The first-order valence-electron chi connectivity index (χ1n) is 3.95. The van der Waals surface area contributed by atoms with E-state index in [1.165, 1.54) is 0 Å². The van der Waals surface area contributed by atoms with Crippen LogP contribution in [0, 0.1) is 0 Å². The maximum atomic E-state index is 11.4. The van der Waals surface area contributed by atoms with Crippen LogP contribution in [0.3, 0.4) is 0 Å². The average Bonchev–Trinajstić information content (AvgIpc) is 1.97. The van der Waals surface area contributed by atoms with Crippen molar-refractivity contribution in [3.8, 4) is 0 Å². The van der Waals surface area contributed by atoms with Gasteiger partial charge in [0.2, 0.25) is 0 Å². The highest BCUT2D eigenvalue weighted by Gasteiger charge is 2.19. The normalized spacial score (nSPS) is 15.9. The zero-order chi connectivity index (χ0) is 9.78. The molecule has 0 N–H and O–H groups in total. The van der Waals surface area contributed by atoms with Crippen molar-refractivity contribution in [2.24, 2.45) is 4.40 Å². The maximum Gasteiger partial charge on any atom is 0.197 e. The van der Waals surface area contributed by atoms with Gasteiger partial charge in [0.1, 0.15) is 11.0 Å². The van der Waals surface area contributed by atoms with Crippen LogP contribution in [0.1, 0.15) is 34.1 Å². The highest BCUT2D eigenvalue weighted by molar-refractivity contribution is 7.85. The van der Waals surface area contributed by atoms with Crippen molar-refractivity contribution in [1.82, 2.24) is 0 Å². The number of hydrogen-bond acceptors (Lipinski definition) is 2. The summed E-state index contributed by atoms with van der Waals surface area (Å²) in [6.07, 6.45) is 0.679. The molecule has 0 bridgehead atoms. The molecule has 4 heteroatoms. The summed E-state index contributed by atoms with van der Waals surface area (Å²) in [4.78, 5) is 0. The molecule has 0 aliphatic carbocycles. The van der Waals surface area contributed by atoms with Crippen LogP contribution in [0.25, 0.3) is 0 Å². The summed E-state index contributed by atoms with van der Waals surface area (Å²) in [5, 5.41) is 0. The van der Waals surface area contributed by atoms with Gasteiger partial charge in [-0.25, -0.2) is 4.21 Å². The molecular weight excluding hydrogens is 174 g/mol. The second-order valence-electron chi connectivity index (χ2n) is 3.40. The van der Waals surface area contributed by atoms with Crippen molar-refractivity contribution in [3.63, 3.8) is 0 Å². The highest BCUT2D eigenvalue weighted by atomic mass is 32.2. The molecule has 0 radical (unpaired) electrons. The molecule has 0 aliphatic heterocycles. The Kier molecular flexibility index (Phi) is 4.45. The predicted molar refractivity (Wildman–Crippen MR) is 52.6 cm³/mol.